The fraction of sp³-hybridized carbons (Fsp3) is 0.200. The lowest BCUT2D eigenvalue weighted by molar-refractivity contribution is -0.380. The van der Waals surface area contributed by atoms with Crippen LogP contribution in [0.2, 0.25) is 0 Å². The maximum absolute atomic E-state index is 10.5. The highest BCUT2D eigenvalue weighted by Gasteiger charge is 2.10. The molecule has 2 aromatic heterocycles. The summed E-state index contributed by atoms with van der Waals surface area (Å²) >= 11 is 1.00. The van der Waals surface area contributed by atoms with E-state index in [1.165, 1.54) is 6.20 Å². The van der Waals surface area contributed by atoms with Crippen LogP contribution in [0.3, 0.4) is 0 Å². The van der Waals surface area contributed by atoms with Gasteiger partial charge in [0.2, 0.25) is 5.88 Å². The average Bonchev–Trinajstić information content (AvgIpc) is 2.86. The number of anilines is 1. The van der Waals surface area contributed by atoms with E-state index in [9.17, 15) is 10.1 Å². The van der Waals surface area contributed by atoms with Gasteiger partial charge in [-0.05, 0) is 16.9 Å². The number of nitrogens with one attached hydrogen (secondary N) is 1. The number of thiazole rings is 1. The minimum Gasteiger partial charge on any atom is -0.481 e. The Morgan fingerprint density at radius 2 is 2.28 bits per heavy atom. The van der Waals surface area contributed by atoms with Crippen LogP contribution >= 0.6 is 11.3 Å². The smallest absolute Gasteiger partial charge is 0.345 e. The predicted octanol–water partition coefficient (Wildman–Crippen LogP) is 2.07. The summed E-state index contributed by atoms with van der Waals surface area (Å²) in [6.45, 7) is 0.502. The van der Waals surface area contributed by atoms with Gasteiger partial charge in [-0.15, -0.1) is 0 Å². The number of nitrogens with zero attached hydrogens (tertiary/aromatic N) is 3. The highest BCUT2D eigenvalue weighted by Crippen LogP contribution is 2.25. The summed E-state index contributed by atoms with van der Waals surface area (Å²) in [6.07, 6.45) is 2.91. The number of hydrogen-bond donors (Lipinski definition) is 1. The second kappa shape index (κ2) is 5.41. The van der Waals surface area contributed by atoms with Crippen LogP contribution in [0.5, 0.6) is 5.88 Å². The van der Waals surface area contributed by atoms with Crippen molar-refractivity contribution in [2.75, 3.05) is 12.4 Å². The van der Waals surface area contributed by atoms with E-state index in [1.807, 2.05) is 6.07 Å². The van der Waals surface area contributed by atoms with Gasteiger partial charge in [-0.25, -0.2) is 9.97 Å². The van der Waals surface area contributed by atoms with Gasteiger partial charge in [-0.3, -0.25) is 10.1 Å². The van der Waals surface area contributed by atoms with Gasteiger partial charge in [-0.2, -0.15) is 0 Å². The summed E-state index contributed by atoms with van der Waals surface area (Å²) in [4.78, 5) is 18.0. The van der Waals surface area contributed by atoms with Crippen molar-refractivity contribution in [1.82, 2.24) is 9.97 Å². The van der Waals surface area contributed by atoms with Crippen molar-refractivity contribution in [2.45, 2.75) is 6.54 Å². The van der Waals surface area contributed by atoms with Crippen LogP contribution in [0.15, 0.2) is 24.5 Å². The van der Waals surface area contributed by atoms with E-state index in [2.05, 4.69) is 15.3 Å². The zero-order valence-corrected chi connectivity index (χ0v) is 10.3. The summed E-state index contributed by atoms with van der Waals surface area (Å²) in [5.41, 5.74) is 0.939. The summed E-state index contributed by atoms with van der Waals surface area (Å²) in [5, 5.41) is 14.0. The van der Waals surface area contributed by atoms with E-state index in [0.717, 1.165) is 16.9 Å². The third-order valence-electron chi connectivity index (χ3n) is 2.12. The molecule has 0 bridgehead atoms. The molecule has 0 amide bonds. The molecule has 1 N–H and O–H groups in total. The van der Waals surface area contributed by atoms with Crippen molar-refractivity contribution in [3.05, 3.63) is 40.2 Å². The Bertz CT molecular complexity index is 540. The minimum absolute atomic E-state index is 0.0188. The van der Waals surface area contributed by atoms with Crippen LogP contribution in [-0.2, 0) is 6.54 Å². The second-order valence-electron chi connectivity index (χ2n) is 3.32. The number of aromatic nitrogens is 2. The van der Waals surface area contributed by atoms with Crippen LogP contribution in [0.4, 0.5) is 10.1 Å². The molecular formula is C10H10N4O3S. The molecular weight excluding hydrogens is 256 g/mol. The molecule has 18 heavy (non-hydrogen) atoms. The van der Waals surface area contributed by atoms with E-state index in [-0.39, 0.29) is 5.00 Å². The van der Waals surface area contributed by atoms with Gasteiger partial charge in [0.05, 0.1) is 12.0 Å². The van der Waals surface area contributed by atoms with Gasteiger partial charge >= 0.3 is 5.00 Å². The number of hydrogen-bond acceptors (Lipinski definition) is 7. The SMILES string of the molecule is COc1ccc(CNc2ncc([N+](=O)[O-])s2)cn1. The molecule has 7 nitrogen and oxygen atoms in total. The topological polar surface area (TPSA) is 90.2 Å². The van der Waals surface area contributed by atoms with E-state index in [0.29, 0.717) is 17.6 Å². The molecule has 94 valence electrons. The van der Waals surface area contributed by atoms with Crippen LogP contribution in [0.25, 0.3) is 0 Å². The van der Waals surface area contributed by atoms with Crippen molar-refractivity contribution in [3.63, 3.8) is 0 Å². The van der Waals surface area contributed by atoms with Crippen LogP contribution in [-0.4, -0.2) is 22.0 Å². The van der Waals surface area contributed by atoms with E-state index in [1.54, 1.807) is 19.4 Å². The predicted molar refractivity (Wildman–Crippen MR) is 66.9 cm³/mol. The Morgan fingerprint density at radius 1 is 1.44 bits per heavy atom. The second-order valence-corrected chi connectivity index (χ2v) is 4.33. The zero-order valence-electron chi connectivity index (χ0n) is 9.49. The fourth-order valence-corrected chi connectivity index (χ4v) is 1.87. The fourth-order valence-electron chi connectivity index (χ4n) is 1.25. The molecule has 2 aromatic rings. The first kappa shape index (κ1) is 12.2. The van der Waals surface area contributed by atoms with Crippen molar-refractivity contribution in [3.8, 4) is 5.88 Å². The number of rotatable bonds is 5. The Labute approximate surface area is 107 Å². The van der Waals surface area contributed by atoms with Gasteiger partial charge in [0.15, 0.2) is 5.13 Å². The molecule has 0 spiro atoms. The Hall–Kier alpha value is -2.22. The van der Waals surface area contributed by atoms with Crippen molar-refractivity contribution < 1.29 is 9.66 Å². The van der Waals surface area contributed by atoms with Gasteiger partial charge in [0.1, 0.15) is 6.20 Å². The Balaban J connectivity index is 1.95. The normalized spacial score (nSPS) is 10.1. The molecule has 0 radical (unpaired) electrons. The lowest BCUT2D eigenvalue weighted by atomic mass is 10.3. The largest absolute Gasteiger partial charge is 0.481 e. The molecule has 0 atom stereocenters. The first-order chi connectivity index (χ1) is 8.69. The Morgan fingerprint density at radius 3 is 2.83 bits per heavy atom. The van der Waals surface area contributed by atoms with Crippen molar-refractivity contribution in [1.29, 1.82) is 0 Å². The molecule has 0 aromatic carbocycles. The quantitative estimate of drug-likeness (QED) is 0.658. The maximum atomic E-state index is 10.5. The molecule has 0 fully saturated rings. The third-order valence-corrected chi connectivity index (χ3v) is 3.03. The lowest BCUT2D eigenvalue weighted by Gasteiger charge is -2.03. The van der Waals surface area contributed by atoms with Crippen LogP contribution < -0.4 is 10.1 Å². The molecule has 0 aliphatic heterocycles. The first-order valence-electron chi connectivity index (χ1n) is 5.02. The summed E-state index contributed by atoms with van der Waals surface area (Å²) in [5.74, 6) is 0.545. The molecule has 2 heterocycles. The highest BCUT2D eigenvalue weighted by atomic mass is 32.1. The summed E-state index contributed by atoms with van der Waals surface area (Å²) < 4.78 is 4.94. The van der Waals surface area contributed by atoms with Crippen molar-refractivity contribution >= 4 is 21.5 Å². The lowest BCUT2D eigenvalue weighted by Crippen LogP contribution is -1.99. The molecule has 0 aliphatic carbocycles. The maximum Gasteiger partial charge on any atom is 0.345 e. The summed E-state index contributed by atoms with van der Waals surface area (Å²) in [7, 11) is 1.55. The van der Waals surface area contributed by atoms with Gasteiger partial charge < -0.3 is 10.1 Å². The van der Waals surface area contributed by atoms with E-state index >= 15 is 0 Å². The molecule has 0 saturated heterocycles. The molecule has 0 aliphatic rings. The number of methoxy groups -OCH3 is 1. The van der Waals surface area contributed by atoms with Gasteiger partial charge in [-0.1, -0.05) is 6.07 Å². The van der Waals surface area contributed by atoms with Crippen LogP contribution in [0.1, 0.15) is 5.56 Å². The van der Waals surface area contributed by atoms with Gasteiger partial charge in [0, 0.05) is 18.8 Å². The zero-order chi connectivity index (χ0) is 13.0. The molecule has 8 heteroatoms. The van der Waals surface area contributed by atoms with E-state index < -0.39 is 4.92 Å². The van der Waals surface area contributed by atoms with Crippen LogP contribution in [0, 0.1) is 10.1 Å². The molecule has 0 unspecified atom stereocenters. The monoisotopic (exact) mass is 266 g/mol. The van der Waals surface area contributed by atoms with Gasteiger partial charge in [0.25, 0.3) is 0 Å². The average molecular weight is 266 g/mol. The highest BCUT2D eigenvalue weighted by molar-refractivity contribution is 7.18. The standard InChI is InChI=1S/C10H10N4O3S/c1-17-8-3-2-7(4-11-8)5-12-10-13-6-9(18-10)14(15)16/h2-4,6H,5H2,1H3,(H,12,13). The minimum atomic E-state index is -0.461. The number of pyridine rings is 1. The number of nitro groups is 1. The van der Waals surface area contributed by atoms with E-state index in [4.69, 9.17) is 4.74 Å². The van der Waals surface area contributed by atoms with Crippen molar-refractivity contribution in [2.24, 2.45) is 0 Å². The summed E-state index contributed by atoms with van der Waals surface area (Å²) in [6, 6.07) is 3.61. The third kappa shape index (κ3) is 2.92. The Kier molecular flexibility index (Phi) is 3.68. The molecule has 0 saturated carbocycles. The molecule has 2 rings (SSSR count). The number of ether oxygens (including phenoxy) is 1. The first-order valence-corrected chi connectivity index (χ1v) is 5.83.